The molecule has 0 aliphatic heterocycles. The topological polar surface area (TPSA) is 24.9 Å². The number of hydrogen-bond acceptors (Lipinski definition) is 2. The van der Waals surface area contributed by atoms with Crippen LogP contribution in [0.4, 0.5) is 4.39 Å². The minimum absolute atomic E-state index is 0.101. The summed E-state index contributed by atoms with van der Waals surface area (Å²) < 4.78 is 14.8. The van der Waals surface area contributed by atoms with Gasteiger partial charge in [0.05, 0.1) is 5.02 Å². The number of benzene rings is 1. The molecule has 1 aliphatic carbocycles. The first-order valence-corrected chi connectivity index (χ1v) is 7.63. The molecule has 0 bridgehead atoms. The highest BCUT2D eigenvalue weighted by molar-refractivity contribution is 9.10. The second-order valence-corrected chi connectivity index (χ2v) is 6.19. The van der Waals surface area contributed by atoms with E-state index in [9.17, 15) is 4.39 Å². The summed E-state index contributed by atoms with van der Waals surface area (Å²) >= 11 is 9.15. The fraction of sp³-hybridized carbons (Fsp3) is 0.267. The molecular formula is C15H13BrClFN2. The van der Waals surface area contributed by atoms with Gasteiger partial charge in [-0.15, -0.1) is 0 Å². The van der Waals surface area contributed by atoms with Crippen molar-refractivity contribution in [2.75, 3.05) is 0 Å². The van der Waals surface area contributed by atoms with Gasteiger partial charge in [0.2, 0.25) is 0 Å². The third kappa shape index (κ3) is 3.03. The van der Waals surface area contributed by atoms with Crippen molar-refractivity contribution in [1.29, 1.82) is 0 Å². The lowest BCUT2D eigenvalue weighted by Gasteiger charge is -2.08. The molecule has 5 heteroatoms. The van der Waals surface area contributed by atoms with Crippen LogP contribution in [0.3, 0.4) is 0 Å². The van der Waals surface area contributed by atoms with Crippen molar-refractivity contribution >= 4 is 27.5 Å². The van der Waals surface area contributed by atoms with Gasteiger partial charge < -0.3 is 5.32 Å². The maximum atomic E-state index is 14.2. The van der Waals surface area contributed by atoms with Gasteiger partial charge in [0, 0.05) is 40.6 Å². The smallest absolute Gasteiger partial charge is 0.150 e. The van der Waals surface area contributed by atoms with E-state index in [0.717, 1.165) is 17.7 Å². The molecule has 1 aromatic carbocycles. The van der Waals surface area contributed by atoms with Crippen LogP contribution < -0.4 is 5.32 Å². The fourth-order valence-electron chi connectivity index (χ4n) is 2.03. The van der Waals surface area contributed by atoms with E-state index < -0.39 is 5.82 Å². The lowest BCUT2D eigenvalue weighted by molar-refractivity contribution is 0.630. The van der Waals surface area contributed by atoms with Crippen molar-refractivity contribution in [3.05, 3.63) is 51.5 Å². The van der Waals surface area contributed by atoms with E-state index in [2.05, 4.69) is 26.2 Å². The van der Waals surface area contributed by atoms with E-state index in [1.54, 1.807) is 24.5 Å². The van der Waals surface area contributed by atoms with E-state index in [-0.39, 0.29) is 5.02 Å². The normalized spacial score (nSPS) is 14.6. The quantitative estimate of drug-likeness (QED) is 0.814. The molecule has 0 radical (unpaired) electrons. The molecule has 0 spiro atoms. The molecule has 0 amide bonds. The molecule has 1 saturated carbocycles. The van der Waals surface area contributed by atoms with Crippen LogP contribution in [-0.2, 0) is 6.54 Å². The van der Waals surface area contributed by atoms with Crippen LogP contribution >= 0.6 is 27.5 Å². The number of aromatic nitrogens is 1. The highest BCUT2D eigenvalue weighted by atomic mass is 79.9. The predicted molar refractivity (Wildman–Crippen MR) is 82.2 cm³/mol. The molecule has 1 aliphatic rings. The third-order valence-electron chi connectivity index (χ3n) is 3.31. The monoisotopic (exact) mass is 354 g/mol. The molecule has 3 rings (SSSR count). The number of nitrogens with one attached hydrogen (secondary N) is 1. The van der Waals surface area contributed by atoms with Gasteiger partial charge in [0.15, 0.2) is 5.82 Å². The molecule has 104 valence electrons. The average molecular weight is 356 g/mol. The van der Waals surface area contributed by atoms with Crippen molar-refractivity contribution < 1.29 is 4.39 Å². The largest absolute Gasteiger partial charge is 0.310 e. The number of halogens is 3. The second-order valence-electron chi connectivity index (χ2n) is 4.96. The van der Waals surface area contributed by atoms with Crippen LogP contribution in [0.2, 0.25) is 5.02 Å². The number of rotatable bonds is 4. The van der Waals surface area contributed by atoms with Gasteiger partial charge in [-0.1, -0.05) is 17.7 Å². The third-order valence-corrected chi connectivity index (χ3v) is 4.57. The van der Waals surface area contributed by atoms with Crippen LogP contribution in [0, 0.1) is 5.82 Å². The summed E-state index contributed by atoms with van der Waals surface area (Å²) in [4.78, 5) is 4.19. The summed E-state index contributed by atoms with van der Waals surface area (Å²) in [5.41, 5.74) is 2.26. The zero-order chi connectivity index (χ0) is 14.1. The summed E-state index contributed by atoms with van der Waals surface area (Å²) in [5.74, 6) is -0.421. The molecule has 0 atom stereocenters. The summed E-state index contributed by atoms with van der Waals surface area (Å²) in [6.45, 7) is 0.761. The van der Waals surface area contributed by atoms with Crippen LogP contribution in [0.1, 0.15) is 18.4 Å². The Morgan fingerprint density at radius 3 is 2.90 bits per heavy atom. The van der Waals surface area contributed by atoms with Crippen LogP contribution in [-0.4, -0.2) is 11.0 Å². The molecule has 2 aromatic rings. The Bertz CT molecular complexity index is 644. The lowest BCUT2D eigenvalue weighted by atomic mass is 10.1. The first kappa shape index (κ1) is 14.0. The van der Waals surface area contributed by atoms with E-state index in [1.807, 2.05) is 6.07 Å². The van der Waals surface area contributed by atoms with Gasteiger partial charge >= 0.3 is 0 Å². The molecule has 0 unspecified atom stereocenters. The maximum absolute atomic E-state index is 14.2. The van der Waals surface area contributed by atoms with Crippen LogP contribution in [0.5, 0.6) is 0 Å². The van der Waals surface area contributed by atoms with E-state index in [4.69, 9.17) is 11.6 Å². The zero-order valence-electron chi connectivity index (χ0n) is 10.7. The maximum Gasteiger partial charge on any atom is 0.150 e. The minimum Gasteiger partial charge on any atom is -0.310 e. The number of nitrogens with zero attached hydrogens (tertiary/aromatic N) is 1. The summed E-state index contributed by atoms with van der Waals surface area (Å²) in [7, 11) is 0. The van der Waals surface area contributed by atoms with Gasteiger partial charge in [-0.2, -0.15) is 0 Å². The SMILES string of the molecule is Fc1c(-c2cncc(CNC3CC3)c2)ccc(Br)c1Cl. The van der Waals surface area contributed by atoms with Crippen molar-refractivity contribution in [2.45, 2.75) is 25.4 Å². The standard InChI is InChI=1S/C15H13BrClFN2/c16-13-4-3-12(15(18)14(13)17)10-5-9(6-19-8-10)7-20-11-1-2-11/h3-6,8,11,20H,1-2,7H2. The van der Waals surface area contributed by atoms with Crippen molar-refractivity contribution in [3.63, 3.8) is 0 Å². The molecule has 1 fully saturated rings. The Morgan fingerprint density at radius 2 is 2.15 bits per heavy atom. The molecule has 1 aromatic heterocycles. The van der Waals surface area contributed by atoms with Gasteiger partial charge in [-0.25, -0.2) is 4.39 Å². The molecule has 1 N–H and O–H groups in total. The molecule has 2 nitrogen and oxygen atoms in total. The Labute approximate surface area is 130 Å². The average Bonchev–Trinajstić information content (AvgIpc) is 3.27. The Kier molecular flexibility index (Phi) is 4.06. The highest BCUT2D eigenvalue weighted by Gasteiger charge is 2.20. The minimum atomic E-state index is -0.421. The summed E-state index contributed by atoms with van der Waals surface area (Å²) in [5, 5.41) is 3.52. The predicted octanol–water partition coefficient (Wildman–Crippen LogP) is 4.56. The molecule has 1 heterocycles. The van der Waals surface area contributed by atoms with Gasteiger partial charge in [0.25, 0.3) is 0 Å². The summed E-state index contributed by atoms with van der Waals surface area (Å²) in [6.07, 6.45) is 5.94. The van der Waals surface area contributed by atoms with Crippen molar-refractivity contribution in [3.8, 4) is 11.1 Å². The Hall–Kier alpha value is -0.970. The molecule has 0 saturated heterocycles. The Morgan fingerprint density at radius 1 is 1.35 bits per heavy atom. The molecular weight excluding hydrogens is 343 g/mol. The van der Waals surface area contributed by atoms with E-state index in [0.29, 0.717) is 16.1 Å². The summed E-state index contributed by atoms with van der Waals surface area (Å²) in [6, 6.07) is 6.04. The zero-order valence-corrected chi connectivity index (χ0v) is 13.0. The van der Waals surface area contributed by atoms with Crippen molar-refractivity contribution in [1.82, 2.24) is 10.3 Å². The first-order chi connectivity index (χ1) is 9.65. The van der Waals surface area contributed by atoms with Crippen LogP contribution in [0.15, 0.2) is 35.1 Å². The number of hydrogen-bond donors (Lipinski definition) is 1. The van der Waals surface area contributed by atoms with Crippen LogP contribution in [0.25, 0.3) is 11.1 Å². The van der Waals surface area contributed by atoms with Gasteiger partial charge in [0.1, 0.15) is 0 Å². The Balaban J connectivity index is 1.89. The lowest BCUT2D eigenvalue weighted by Crippen LogP contribution is -2.15. The number of pyridine rings is 1. The van der Waals surface area contributed by atoms with Gasteiger partial charge in [-0.3, -0.25) is 4.98 Å². The second kappa shape index (κ2) is 5.80. The highest BCUT2D eigenvalue weighted by Crippen LogP contribution is 2.33. The van der Waals surface area contributed by atoms with Gasteiger partial charge in [-0.05, 0) is 46.5 Å². The van der Waals surface area contributed by atoms with Crippen molar-refractivity contribution in [2.24, 2.45) is 0 Å². The van der Waals surface area contributed by atoms with E-state index in [1.165, 1.54) is 12.8 Å². The van der Waals surface area contributed by atoms with E-state index >= 15 is 0 Å². The molecule has 20 heavy (non-hydrogen) atoms. The first-order valence-electron chi connectivity index (χ1n) is 6.46. The fourth-order valence-corrected chi connectivity index (χ4v) is 2.50.